The Labute approximate surface area is 190 Å². The Hall–Kier alpha value is -3.80. The minimum absolute atomic E-state index is 0. The van der Waals surface area contributed by atoms with Crippen molar-refractivity contribution in [2.75, 3.05) is 24.2 Å². The van der Waals surface area contributed by atoms with Gasteiger partial charge >= 0.3 is 6.03 Å². The third kappa shape index (κ3) is 5.09. The molecule has 8 nitrogen and oxygen atoms in total. The highest BCUT2D eigenvalue weighted by molar-refractivity contribution is 5.91. The number of rotatable bonds is 6. The van der Waals surface area contributed by atoms with Gasteiger partial charge in [-0.25, -0.2) is 19.2 Å². The van der Waals surface area contributed by atoms with Crippen molar-refractivity contribution in [3.05, 3.63) is 41.5 Å². The van der Waals surface area contributed by atoms with Gasteiger partial charge in [-0.2, -0.15) is 10.2 Å². The summed E-state index contributed by atoms with van der Waals surface area (Å²) in [6.07, 6.45) is 2.16. The largest absolute Gasteiger partial charge is 0.357 e. The van der Waals surface area contributed by atoms with Crippen molar-refractivity contribution >= 4 is 28.7 Å². The maximum atomic E-state index is 14.6. The number of pyridine rings is 1. The van der Waals surface area contributed by atoms with Crippen molar-refractivity contribution < 1.29 is 13.5 Å². The van der Waals surface area contributed by atoms with Crippen molar-refractivity contribution in [3.8, 4) is 17.2 Å². The maximum absolute atomic E-state index is 14.6. The Kier molecular flexibility index (Phi) is 6.53. The molecule has 0 spiro atoms. The van der Waals surface area contributed by atoms with Crippen LogP contribution in [0.3, 0.4) is 0 Å². The molecule has 0 aliphatic heterocycles. The number of nitrogens with zero attached hydrogens (tertiary/aromatic N) is 4. The molecule has 3 N–H and O–H groups in total. The Bertz CT molecular complexity index is 1230. The van der Waals surface area contributed by atoms with Crippen LogP contribution in [-0.2, 0) is 0 Å². The molecule has 0 bridgehead atoms. The third-order valence-corrected chi connectivity index (χ3v) is 5.17. The highest BCUT2D eigenvalue weighted by Gasteiger charge is 2.18. The van der Waals surface area contributed by atoms with Crippen LogP contribution in [0.15, 0.2) is 24.4 Å². The van der Waals surface area contributed by atoms with Crippen molar-refractivity contribution in [2.24, 2.45) is 5.41 Å². The molecule has 0 aliphatic rings. The lowest BCUT2D eigenvalue weighted by Crippen LogP contribution is -2.32. The molecule has 2 heterocycles. The first-order valence-electron chi connectivity index (χ1n) is 10.2. The summed E-state index contributed by atoms with van der Waals surface area (Å²) in [7, 11) is 1.74. The monoisotopic (exact) mass is 441 g/mol. The number of urea groups is 1. The second kappa shape index (κ2) is 9.14. The summed E-state index contributed by atoms with van der Waals surface area (Å²) in [4.78, 5) is 25.4. The molecule has 0 radical (unpaired) electrons. The first-order chi connectivity index (χ1) is 15.1. The molecule has 3 aromatic rings. The summed E-state index contributed by atoms with van der Waals surface area (Å²) in [6, 6.07) is 6.54. The molecule has 9 heteroatoms. The van der Waals surface area contributed by atoms with Gasteiger partial charge in [0.2, 0.25) is 5.95 Å². The molecule has 3 rings (SSSR count). The average Bonchev–Trinajstić information content (AvgIpc) is 2.74. The van der Waals surface area contributed by atoms with Gasteiger partial charge in [-0.3, -0.25) is 0 Å². The van der Waals surface area contributed by atoms with Crippen molar-refractivity contribution in [3.63, 3.8) is 0 Å². The Morgan fingerprint density at radius 2 is 1.97 bits per heavy atom. The van der Waals surface area contributed by atoms with Gasteiger partial charge in [0.05, 0.1) is 17.2 Å². The SMILES string of the molecule is CNc1ncc2cc(-c3cc(NC(=O)NCCC(C)(C)C#N)c(F)cc3C)c(C)nc2n1.[HH].[HH].[HH]. The summed E-state index contributed by atoms with van der Waals surface area (Å²) >= 11 is 0. The van der Waals surface area contributed by atoms with Crippen LogP contribution in [0.2, 0.25) is 0 Å². The van der Waals surface area contributed by atoms with Crippen LogP contribution in [0.25, 0.3) is 22.2 Å². The number of anilines is 2. The molecular weight excluding hydrogens is 409 g/mol. The van der Waals surface area contributed by atoms with Gasteiger partial charge in [-0.1, -0.05) is 0 Å². The highest BCUT2D eigenvalue weighted by Crippen LogP contribution is 2.32. The van der Waals surface area contributed by atoms with E-state index in [4.69, 9.17) is 5.26 Å². The second-order valence-corrected chi connectivity index (χ2v) is 8.25. The molecule has 1 aromatic carbocycles. The molecule has 0 saturated carbocycles. The number of aromatic nitrogens is 3. The molecule has 0 fully saturated rings. The molecule has 32 heavy (non-hydrogen) atoms. The first-order valence-corrected chi connectivity index (χ1v) is 10.2. The van der Waals surface area contributed by atoms with Crippen LogP contribution in [0, 0.1) is 36.4 Å². The van der Waals surface area contributed by atoms with Crippen LogP contribution in [0.1, 0.15) is 35.8 Å². The fourth-order valence-corrected chi connectivity index (χ4v) is 3.22. The van der Waals surface area contributed by atoms with Crippen molar-refractivity contribution in [1.29, 1.82) is 5.26 Å². The number of nitrogens with one attached hydrogen (secondary N) is 3. The van der Waals surface area contributed by atoms with E-state index < -0.39 is 17.3 Å². The Morgan fingerprint density at radius 3 is 2.66 bits per heavy atom. The number of fused-ring (bicyclic) bond motifs is 1. The predicted molar refractivity (Wildman–Crippen MR) is 129 cm³/mol. The summed E-state index contributed by atoms with van der Waals surface area (Å²) in [6.45, 7) is 7.55. The summed E-state index contributed by atoms with van der Waals surface area (Å²) < 4.78 is 14.6. The zero-order valence-corrected chi connectivity index (χ0v) is 18.8. The minimum Gasteiger partial charge on any atom is -0.357 e. The van der Waals surface area contributed by atoms with Gasteiger partial charge < -0.3 is 16.0 Å². The van der Waals surface area contributed by atoms with E-state index in [1.54, 1.807) is 40.1 Å². The molecular formula is C23H32FN7O. The number of halogens is 1. The lowest BCUT2D eigenvalue weighted by molar-refractivity contribution is 0.250. The number of carbonyl (C=O) groups excluding carboxylic acids is 1. The molecule has 0 unspecified atom stereocenters. The number of nitriles is 1. The van der Waals surface area contributed by atoms with Gasteiger partial charge in [0.25, 0.3) is 0 Å². The average molecular weight is 442 g/mol. The van der Waals surface area contributed by atoms with Crippen LogP contribution < -0.4 is 16.0 Å². The number of benzene rings is 1. The van der Waals surface area contributed by atoms with E-state index in [1.165, 1.54) is 6.07 Å². The van der Waals surface area contributed by atoms with Crippen LogP contribution in [-0.4, -0.2) is 34.6 Å². The molecule has 172 valence electrons. The number of aryl methyl sites for hydroxylation is 2. The first kappa shape index (κ1) is 22.9. The summed E-state index contributed by atoms with van der Waals surface area (Å²) in [5.74, 6) is -0.0575. The lowest BCUT2D eigenvalue weighted by Gasteiger charge is -2.16. The van der Waals surface area contributed by atoms with Gasteiger partial charge in [0.15, 0.2) is 5.65 Å². The third-order valence-electron chi connectivity index (χ3n) is 5.17. The summed E-state index contributed by atoms with van der Waals surface area (Å²) in [5, 5.41) is 17.9. The maximum Gasteiger partial charge on any atom is 0.319 e. The number of amides is 2. The Morgan fingerprint density at radius 1 is 1.22 bits per heavy atom. The predicted octanol–water partition coefficient (Wildman–Crippen LogP) is 5.29. The number of carbonyl (C=O) groups is 1. The van der Waals surface area contributed by atoms with Crippen molar-refractivity contribution in [1.82, 2.24) is 20.3 Å². The minimum atomic E-state index is -0.548. The fourth-order valence-electron chi connectivity index (χ4n) is 3.22. The molecule has 0 aliphatic carbocycles. The number of hydrogen-bond donors (Lipinski definition) is 3. The zero-order valence-electron chi connectivity index (χ0n) is 18.8. The van der Waals surface area contributed by atoms with E-state index >= 15 is 0 Å². The van der Waals surface area contributed by atoms with Gasteiger partial charge in [0.1, 0.15) is 5.82 Å². The summed E-state index contributed by atoms with van der Waals surface area (Å²) in [5.41, 5.74) is 3.05. The van der Waals surface area contributed by atoms with E-state index in [1.807, 2.05) is 13.0 Å². The quantitative estimate of drug-likeness (QED) is 0.479. The molecule has 0 saturated heterocycles. The van der Waals surface area contributed by atoms with E-state index in [0.717, 1.165) is 22.2 Å². The normalized spacial score (nSPS) is 11.2. The standard InChI is InChI=1S/C23H26FN7O.3H2/c1-13-8-18(24)19(30-22(32)27-7-6-23(3,4)12-25)10-16(13)17-9-15-11-28-21(26-5)31-20(15)29-14(17)2;;;/h8-11H,6-7H2,1-5H3,(H2,27,30,32)(H,26,28,29,31);3*1H. The van der Waals surface area contributed by atoms with Gasteiger partial charge in [0, 0.05) is 40.7 Å². The van der Waals surface area contributed by atoms with Crippen molar-refractivity contribution in [2.45, 2.75) is 34.1 Å². The van der Waals surface area contributed by atoms with Gasteiger partial charge in [-0.05, 0) is 63.4 Å². The second-order valence-electron chi connectivity index (χ2n) is 8.25. The van der Waals surface area contributed by atoms with E-state index in [-0.39, 0.29) is 9.97 Å². The lowest BCUT2D eigenvalue weighted by atomic mass is 9.92. The van der Waals surface area contributed by atoms with E-state index in [9.17, 15) is 9.18 Å². The van der Waals surface area contributed by atoms with Crippen LogP contribution in [0.5, 0.6) is 0 Å². The fraction of sp³-hybridized carbons (Fsp3) is 0.348. The topological polar surface area (TPSA) is 116 Å². The van der Waals surface area contributed by atoms with Crippen LogP contribution in [0.4, 0.5) is 20.8 Å². The van der Waals surface area contributed by atoms with Gasteiger partial charge in [-0.15, -0.1) is 0 Å². The highest BCUT2D eigenvalue weighted by atomic mass is 19.1. The molecule has 0 atom stereocenters. The van der Waals surface area contributed by atoms with Crippen LogP contribution >= 0.6 is 0 Å². The molecule has 2 amide bonds. The Balaban J connectivity index is 0.00000385. The number of hydrogen-bond acceptors (Lipinski definition) is 6. The van der Waals surface area contributed by atoms with E-state index in [2.05, 4.69) is 37.0 Å². The zero-order chi connectivity index (χ0) is 23.5. The molecule has 2 aromatic heterocycles. The smallest absolute Gasteiger partial charge is 0.319 e. The van der Waals surface area contributed by atoms with E-state index in [0.29, 0.717) is 30.1 Å².